The molecule has 2 heterocycles. The Kier molecular flexibility index (Phi) is 2.52. The summed E-state index contributed by atoms with van der Waals surface area (Å²) in [5.74, 6) is -0.377. The summed E-state index contributed by atoms with van der Waals surface area (Å²) in [4.78, 5) is 16.0. The molecule has 0 amide bonds. The fourth-order valence-corrected chi connectivity index (χ4v) is 1.65. The summed E-state index contributed by atoms with van der Waals surface area (Å²) in [7, 11) is 0. The first-order valence-corrected chi connectivity index (χ1v) is 5.05. The molecule has 2 rings (SSSR count). The van der Waals surface area contributed by atoms with Gasteiger partial charge in [0.1, 0.15) is 0 Å². The average Bonchev–Trinajstić information content (AvgIpc) is 2.56. The summed E-state index contributed by atoms with van der Waals surface area (Å²) in [6.45, 7) is 3.87. The Morgan fingerprint density at radius 1 is 1.62 bits per heavy atom. The highest BCUT2D eigenvalue weighted by Gasteiger charge is 2.18. The summed E-state index contributed by atoms with van der Waals surface area (Å²) in [6, 6.07) is 3.52. The number of esters is 1. The van der Waals surface area contributed by atoms with Crippen molar-refractivity contribution < 1.29 is 9.53 Å². The molecule has 0 saturated heterocycles. The summed E-state index contributed by atoms with van der Waals surface area (Å²) < 4.78 is 6.63. The van der Waals surface area contributed by atoms with Crippen molar-refractivity contribution >= 4 is 17.3 Å². The first-order valence-electron chi connectivity index (χ1n) is 5.05. The summed E-state index contributed by atoms with van der Waals surface area (Å²) in [5, 5.41) is 0. The molecule has 5 heteroatoms. The molecule has 0 aliphatic carbocycles. The first-order chi connectivity index (χ1) is 7.65. The van der Waals surface area contributed by atoms with Crippen molar-refractivity contribution in [3.63, 3.8) is 0 Å². The molecule has 16 heavy (non-hydrogen) atoms. The molecule has 5 nitrogen and oxygen atoms in total. The van der Waals surface area contributed by atoms with Gasteiger partial charge in [0.15, 0.2) is 11.3 Å². The van der Waals surface area contributed by atoms with E-state index in [9.17, 15) is 4.79 Å². The average molecular weight is 219 g/mol. The van der Waals surface area contributed by atoms with E-state index in [1.807, 2.05) is 0 Å². The fraction of sp³-hybridized carbons (Fsp3) is 0.273. The molecule has 2 aromatic heterocycles. The number of hydrogen-bond donors (Lipinski definition) is 1. The van der Waals surface area contributed by atoms with Crippen LogP contribution in [0.4, 0.5) is 5.69 Å². The molecule has 0 radical (unpaired) electrons. The number of aromatic nitrogens is 2. The van der Waals surface area contributed by atoms with Crippen LogP contribution < -0.4 is 5.73 Å². The lowest BCUT2D eigenvalue weighted by molar-refractivity contribution is 0.0517. The zero-order valence-corrected chi connectivity index (χ0v) is 9.23. The molecule has 0 aromatic carbocycles. The third kappa shape index (κ3) is 1.50. The second kappa shape index (κ2) is 3.84. The SMILES string of the molecule is CCOC(=O)c1c(C)nc2c(N)cccn12. The third-order valence-electron chi connectivity index (χ3n) is 2.32. The summed E-state index contributed by atoms with van der Waals surface area (Å²) in [6.07, 6.45) is 1.75. The quantitative estimate of drug-likeness (QED) is 0.775. The van der Waals surface area contributed by atoms with Gasteiger partial charge in [0.05, 0.1) is 18.0 Å². The Bertz CT molecular complexity index is 545. The molecule has 2 N–H and O–H groups in total. The van der Waals surface area contributed by atoms with Crippen molar-refractivity contribution in [1.29, 1.82) is 0 Å². The van der Waals surface area contributed by atoms with E-state index in [-0.39, 0.29) is 5.97 Å². The minimum absolute atomic E-state index is 0.341. The highest BCUT2D eigenvalue weighted by Crippen LogP contribution is 2.17. The van der Waals surface area contributed by atoms with Gasteiger partial charge in [0.2, 0.25) is 0 Å². The van der Waals surface area contributed by atoms with Crippen LogP contribution in [0.25, 0.3) is 5.65 Å². The van der Waals surface area contributed by atoms with Crippen molar-refractivity contribution in [3.05, 3.63) is 29.7 Å². The molecule has 0 fully saturated rings. The maximum Gasteiger partial charge on any atom is 0.357 e. The van der Waals surface area contributed by atoms with Crippen LogP contribution in [0.2, 0.25) is 0 Å². The number of aryl methyl sites for hydroxylation is 1. The van der Waals surface area contributed by atoms with Crippen LogP contribution in [0.3, 0.4) is 0 Å². The fourth-order valence-electron chi connectivity index (χ4n) is 1.65. The maximum absolute atomic E-state index is 11.7. The topological polar surface area (TPSA) is 69.6 Å². The van der Waals surface area contributed by atoms with Gasteiger partial charge in [0, 0.05) is 6.20 Å². The van der Waals surface area contributed by atoms with Crippen LogP contribution in [0.15, 0.2) is 18.3 Å². The number of carbonyl (C=O) groups excluding carboxylic acids is 1. The second-order valence-electron chi connectivity index (χ2n) is 3.42. The lowest BCUT2D eigenvalue weighted by Gasteiger charge is -2.03. The number of pyridine rings is 1. The molecule has 0 saturated carbocycles. The molecule has 0 aliphatic heterocycles. The van der Waals surface area contributed by atoms with Crippen LogP contribution in [0, 0.1) is 6.92 Å². The van der Waals surface area contributed by atoms with Crippen LogP contribution in [-0.2, 0) is 4.74 Å². The zero-order valence-electron chi connectivity index (χ0n) is 9.23. The van der Waals surface area contributed by atoms with E-state index in [4.69, 9.17) is 10.5 Å². The van der Waals surface area contributed by atoms with Gasteiger partial charge in [-0.1, -0.05) is 0 Å². The number of nitrogens with zero attached hydrogens (tertiary/aromatic N) is 2. The van der Waals surface area contributed by atoms with E-state index in [1.165, 1.54) is 0 Å². The van der Waals surface area contributed by atoms with Crippen molar-refractivity contribution in [2.24, 2.45) is 0 Å². The number of carbonyl (C=O) groups is 1. The normalized spacial score (nSPS) is 10.6. The van der Waals surface area contributed by atoms with Crippen LogP contribution in [0.5, 0.6) is 0 Å². The molecule has 84 valence electrons. The minimum Gasteiger partial charge on any atom is -0.461 e. The van der Waals surface area contributed by atoms with Gasteiger partial charge in [-0.3, -0.25) is 4.40 Å². The van der Waals surface area contributed by atoms with Gasteiger partial charge in [0.25, 0.3) is 0 Å². The molecule has 0 atom stereocenters. The van der Waals surface area contributed by atoms with E-state index in [0.29, 0.717) is 29.3 Å². The molecule has 0 spiro atoms. The Morgan fingerprint density at radius 2 is 2.38 bits per heavy atom. The first kappa shape index (κ1) is 10.5. The van der Waals surface area contributed by atoms with Gasteiger partial charge in [-0.05, 0) is 26.0 Å². The van der Waals surface area contributed by atoms with E-state index in [1.54, 1.807) is 36.6 Å². The van der Waals surface area contributed by atoms with Crippen molar-refractivity contribution in [1.82, 2.24) is 9.38 Å². The largest absolute Gasteiger partial charge is 0.461 e. The highest BCUT2D eigenvalue weighted by atomic mass is 16.5. The Balaban J connectivity index is 2.65. The zero-order chi connectivity index (χ0) is 11.7. The Labute approximate surface area is 92.8 Å². The number of hydrogen-bond acceptors (Lipinski definition) is 4. The van der Waals surface area contributed by atoms with E-state index >= 15 is 0 Å². The predicted octanol–water partition coefficient (Wildman–Crippen LogP) is 1.40. The number of nitrogen functional groups attached to an aromatic ring is 1. The highest BCUT2D eigenvalue weighted by molar-refractivity contribution is 5.90. The van der Waals surface area contributed by atoms with E-state index in [0.717, 1.165) is 0 Å². The second-order valence-corrected chi connectivity index (χ2v) is 3.42. The molecule has 0 aliphatic rings. The maximum atomic E-state index is 11.7. The monoisotopic (exact) mass is 219 g/mol. The number of ether oxygens (including phenoxy) is 1. The van der Waals surface area contributed by atoms with Crippen LogP contribution >= 0.6 is 0 Å². The smallest absolute Gasteiger partial charge is 0.357 e. The van der Waals surface area contributed by atoms with E-state index < -0.39 is 0 Å². The van der Waals surface area contributed by atoms with Crippen molar-refractivity contribution in [2.75, 3.05) is 12.3 Å². The Morgan fingerprint density at radius 3 is 3.06 bits per heavy atom. The van der Waals surface area contributed by atoms with Gasteiger partial charge in [-0.2, -0.15) is 0 Å². The summed E-state index contributed by atoms with van der Waals surface area (Å²) >= 11 is 0. The number of imidazole rings is 1. The number of anilines is 1. The number of fused-ring (bicyclic) bond motifs is 1. The summed E-state index contributed by atoms with van der Waals surface area (Å²) in [5.41, 5.74) is 7.96. The minimum atomic E-state index is -0.377. The molecular weight excluding hydrogens is 206 g/mol. The van der Waals surface area contributed by atoms with Gasteiger partial charge in [-0.15, -0.1) is 0 Å². The number of nitrogens with two attached hydrogens (primary N) is 1. The third-order valence-corrected chi connectivity index (χ3v) is 2.32. The van der Waals surface area contributed by atoms with Gasteiger partial charge in [-0.25, -0.2) is 9.78 Å². The molecule has 0 bridgehead atoms. The van der Waals surface area contributed by atoms with Gasteiger partial charge >= 0.3 is 5.97 Å². The lowest BCUT2D eigenvalue weighted by Crippen LogP contribution is -2.09. The van der Waals surface area contributed by atoms with E-state index in [2.05, 4.69) is 4.98 Å². The van der Waals surface area contributed by atoms with Crippen molar-refractivity contribution in [2.45, 2.75) is 13.8 Å². The number of rotatable bonds is 2. The van der Waals surface area contributed by atoms with Crippen LogP contribution in [0.1, 0.15) is 23.1 Å². The van der Waals surface area contributed by atoms with Gasteiger partial charge < -0.3 is 10.5 Å². The lowest BCUT2D eigenvalue weighted by atomic mass is 10.3. The van der Waals surface area contributed by atoms with Crippen LogP contribution in [-0.4, -0.2) is 22.0 Å². The van der Waals surface area contributed by atoms with Crippen molar-refractivity contribution in [3.8, 4) is 0 Å². The Hall–Kier alpha value is -2.04. The molecule has 2 aromatic rings. The standard InChI is InChI=1S/C11H13N3O2/c1-3-16-11(15)9-7(2)13-10-8(12)5-4-6-14(9)10/h4-6H,3,12H2,1-2H3. The predicted molar refractivity (Wildman–Crippen MR) is 60.3 cm³/mol. The molecular formula is C11H13N3O2. The molecule has 0 unspecified atom stereocenters.